The van der Waals surface area contributed by atoms with E-state index in [9.17, 15) is 0 Å². The summed E-state index contributed by atoms with van der Waals surface area (Å²) in [4.78, 5) is 0. The summed E-state index contributed by atoms with van der Waals surface area (Å²) in [6.45, 7) is 0. The summed E-state index contributed by atoms with van der Waals surface area (Å²) in [5, 5.41) is 4.19. The molecular weight excluding hydrogens is 138 g/mol. The Kier molecular flexibility index (Phi) is 1.66. The van der Waals surface area contributed by atoms with E-state index in [1.165, 1.54) is 12.8 Å². The summed E-state index contributed by atoms with van der Waals surface area (Å²) in [5.74, 6) is 0. The van der Waals surface area contributed by atoms with E-state index in [-0.39, 0.29) is 0 Å². The third-order valence-corrected chi connectivity index (χ3v) is 2.40. The molecule has 3 nitrogen and oxygen atoms in total. The van der Waals surface area contributed by atoms with Gasteiger partial charge < -0.3 is 5.73 Å². The van der Waals surface area contributed by atoms with Crippen LogP contribution in [0.25, 0.3) is 0 Å². The maximum absolute atomic E-state index is 5.91. The van der Waals surface area contributed by atoms with Crippen molar-refractivity contribution in [2.75, 3.05) is 0 Å². The van der Waals surface area contributed by atoms with Crippen molar-refractivity contribution in [1.29, 1.82) is 0 Å². The van der Waals surface area contributed by atoms with Crippen LogP contribution in [0.4, 0.5) is 0 Å². The van der Waals surface area contributed by atoms with Crippen molar-refractivity contribution in [3.63, 3.8) is 0 Å². The van der Waals surface area contributed by atoms with E-state index in [1.807, 2.05) is 23.1 Å². The summed E-state index contributed by atoms with van der Waals surface area (Å²) >= 11 is 0. The van der Waals surface area contributed by atoms with Crippen molar-refractivity contribution in [2.24, 2.45) is 5.73 Å². The van der Waals surface area contributed by atoms with Crippen LogP contribution in [0, 0.1) is 0 Å². The molecule has 11 heavy (non-hydrogen) atoms. The molecule has 1 saturated carbocycles. The van der Waals surface area contributed by atoms with Crippen molar-refractivity contribution < 1.29 is 0 Å². The number of aromatic nitrogens is 2. The lowest BCUT2D eigenvalue weighted by Crippen LogP contribution is -2.27. The van der Waals surface area contributed by atoms with Crippen LogP contribution in [0.1, 0.15) is 25.3 Å². The monoisotopic (exact) mass is 151 g/mol. The fraction of sp³-hybridized carbons (Fsp3) is 0.625. The zero-order chi connectivity index (χ0) is 7.68. The molecule has 2 rings (SSSR count). The van der Waals surface area contributed by atoms with E-state index in [0.29, 0.717) is 12.1 Å². The summed E-state index contributed by atoms with van der Waals surface area (Å²) in [6, 6.07) is 2.71. The Morgan fingerprint density at radius 2 is 2.36 bits per heavy atom. The Morgan fingerprint density at radius 1 is 1.45 bits per heavy atom. The molecule has 3 heteroatoms. The minimum absolute atomic E-state index is 0.315. The normalized spacial score (nSPS) is 31.0. The molecule has 60 valence electrons. The molecule has 0 bridgehead atoms. The maximum Gasteiger partial charge on any atom is 0.0670 e. The van der Waals surface area contributed by atoms with Gasteiger partial charge in [-0.15, -0.1) is 0 Å². The molecule has 1 fully saturated rings. The van der Waals surface area contributed by atoms with Crippen LogP contribution < -0.4 is 5.73 Å². The van der Waals surface area contributed by atoms with Gasteiger partial charge in [0.15, 0.2) is 0 Å². The highest BCUT2D eigenvalue weighted by atomic mass is 15.3. The Bertz CT molecular complexity index is 217. The summed E-state index contributed by atoms with van der Waals surface area (Å²) in [5.41, 5.74) is 5.91. The molecule has 1 aliphatic carbocycles. The van der Waals surface area contributed by atoms with Crippen molar-refractivity contribution >= 4 is 0 Å². The van der Waals surface area contributed by atoms with Gasteiger partial charge in [0.2, 0.25) is 0 Å². The third kappa shape index (κ3) is 1.16. The van der Waals surface area contributed by atoms with Gasteiger partial charge in [-0.3, -0.25) is 4.68 Å². The average Bonchev–Trinajstić information content (AvgIpc) is 2.55. The maximum atomic E-state index is 5.91. The van der Waals surface area contributed by atoms with Gasteiger partial charge in [0.05, 0.1) is 6.04 Å². The second-order valence-electron chi connectivity index (χ2n) is 3.15. The van der Waals surface area contributed by atoms with Gasteiger partial charge in [0.1, 0.15) is 0 Å². The molecule has 0 spiro atoms. The smallest absolute Gasteiger partial charge is 0.0670 e. The van der Waals surface area contributed by atoms with Crippen molar-refractivity contribution in [2.45, 2.75) is 31.3 Å². The van der Waals surface area contributed by atoms with Crippen LogP contribution in [0.5, 0.6) is 0 Å². The Morgan fingerprint density at radius 3 is 2.91 bits per heavy atom. The second-order valence-corrected chi connectivity index (χ2v) is 3.15. The Labute approximate surface area is 66.2 Å². The highest BCUT2D eigenvalue weighted by molar-refractivity contribution is 4.89. The van der Waals surface area contributed by atoms with Crippen LogP contribution >= 0.6 is 0 Å². The fourth-order valence-electron chi connectivity index (χ4n) is 1.77. The van der Waals surface area contributed by atoms with E-state index in [0.717, 1.165) is 6.42 Å². The predicted octanol–water partition coefficient (Wildman–Crippen LogP) is 0.935. The third-order valence-electron chi connectivity index (χ3n) is 2.40. The van der Waals surface area contributed by atoms with Crippen LogP contribution in [0.3, 0.4) is 0 Å². The SMILES string of the molecule is N[C@H]1CCC[C@H]1n1cccn1. The number of nitrogens with two attached hydrogens (primary N) is 1. The van der Waals surface area contributed by atoms with E-state index >= 15 is 0 Å². The quantitative estimate of drug-likeness (QED) is 0.649. The number of hydrogen-bond donors (Lipinski definition) is 1. The minimum Gasteiger partial charge on any atom is -0.326 e. The molecular formula is C8H13N3. The highest BCUT2D eigenvalue weighted by Crippen LogP contribution is 2.27. The number of rotatable bonds is 1. The summed E-state index contributed by atoms with van der Waals surface area (Å²) < 4.78 is 1.98. The van der Waals surface area contributed by atoms with E-state index in [1.54, 1.807) is 0 Å². The first kappa shape index (κ1) is 6.85. The van der Waals surface area contributed by atoms with Crippen LogP contribution in [-0.4, -0.2) is 15.8 Å². The Hall–Kier alpha value is -0.830. The van der Waals surface area contributed by atoms with Crippen LogP contribution in [0.15, 0.2) is 18.5 Å². The largest absolute Gasteiger partial charge is 0.326 e. The predicted molar refractivity (Wildman–Crippen MR) is 43.1 cm³/mol. The molecule has 0 amide bonds. The first-order valence-corrected chi connectivity index (χ1v) is 4.12. The van der Waals surface area contributed by atoms with Gasteiger partial charge in [-0.05, 0) is 25.3 Å². The standard InChI is InChI=1S/C8H13N3/c9-7-3-1-4-8(7)11-6-2-5-10-11/h2,5-8H,1,3-4,9H2/t7-,8+/m0/s1. The molecule has 0 unspecified atom stereocenters. The highest BCUT2D eigenvalue weighted by Gasteiger charge is 2.25. The van der Waals surface area contributed by atoms with Gasteiger partial charge in [0, 0.05) is 18.4 Å². The second kappa shape index (κ2) is 2.66. The van der Waals surface area contributed by atoms with Crippen molar-refractivity contribution in [3.05, 3.63) is 18.5 Å². The van der Waals surface area contributed by atoms with Crippen molar-refractivity contribution in [1.82, 2.24) is 9.78 Å². The lowest BCUT2D eigenvalue weighted by Gasteiger charge is -2.15. The minimum atomic E-state index is 0.315. The summed E-state index contributed by atoms with van der Waals surface area (Å²) in [7, 11) is 0. The van der Waals surface area contributed by atoms with Gasteiger partial charge >= 0.3 is 0 Å². The molecule has 1 aliphatic rings. The number of nitrogens with zero attached hydrogens (tertiary/aromatic N) is 2. The first-order valence-electron chi connectivity index (χ1n) is 4.12. The fourth-order valence-corrected chi connectivity index (χ4v) is 1.77. The molecule has 1 heterocycles. The van der Waals surface area contributed by atoms with E-state index in [2.05, 4.69) is 5.10 Å². The Balaban J connectivity index is 2.16. The molecule has 0 aromatic carbocycles. The zero-order valence-corrected chi connectivity index (χ0v) is 6.48. The molecule has 0 aliphatic heterocycles. The molecule has 0 saturated heterocycles. The van der Waals surface area contributed by atoms with Gasteiger partial charge in [-0.1, -0.05) is 0 Å². The van der Waals surface area contributed by atoms with E-state index in [4.69, 9.17) is 5.73 Å². The lowest BCUT2D eigenvalue weighted by molar-refractivity contribution is 0.422. The zero-order valence-electron chi connectivity index (χ0n) is 6.48. The van der Waals surface area contributed by atoms with Gasteiger partial charge in [-0.2, -0.15) is 5.10 Å². The average molecular weight is 151 g/mol. The summed E-state index contributed by atoms with van der Waals surface area (Å²) in [6.07, 6.45) is 7.37. The molecule has 0 radical (unpaired) electrons. The van der Waals surface area contributed by atoms with Crippen molar-refractivity contribution in [3.8, 4) is 0 Å². The molecule has 1 aromatic heterocycles. The van der Waals surface area contributed by atoms with E-state index < -0.39 is 0 Å². The van der Waals surface area contributed by atoms with Gasteiger partial charge in [0.25, 0.3) is 0 Å². The topological polar surface area (TPSA) is 43.8 Å². The number of hydrogen-bond acceptors (Lipinski definition) is 2. The van der Waals surface area contributed by atoms with Crippen LogP contribution in [0.2, 0.25) is 0 Å². The van der Waals surface area contributed by atoms with Gasteiger partial charge in [-0.25, -0.2) is 0 Å². The van der Waals surface area contributed by atoms with Crippen LogP contribution in [-0.2, 0) is 0 Å². The molecule has 1 aromatic rings. The first-order chi connectivity index (χ1) is 5.38. The lowest BCUT2D eigenvalue weighted by atomic mass is 10.2. The molecule has 2 N–H and O–H groups in total. The molecule has 2 atom stereocenters.